The SMILES string of the molecule is Cc1ccc(C)c(-c2cnc(NCC(C)C)s2)c1. The average Bonchev–Trinajstić information content (AvgIpc) is 2.78. The fourth-order valence-electron chi connectivity index (χ4n) is 1.77. The van der Waals surface area contributed by atoms with Crippen LogP contribution in [-0.2, 0) is 0 Å². The number of aryl methyl sites for hydroxylation is 2. The number of rotatable bonds is 4. The molecule has 1 aromatic heterocycles. The maximum atomic E-state index is 4.44. The predicted molar refractivity (Wildman–Crippen MR) is 80.4 cm³/mol. The number of nitrogens with zero attached hydrogens (tertiary/aromatic N) is 1. The predicted octanol–water partition coefficient (Wildman–Crippen LogP) is 4.49. The molecule has 18 heavy (non-hydrogen) atoms. The lowest BCUT2D eigenvalue weighted by Gasteiger charge is -2.05. The first-order chi connectivity index (χ1) is 8.56. The number of hydrogen-bond acceptors (Lipinski definition) is 3. The molecule has 1 N–H and O–H groups in total. The Balaban J connectivity index is 2.21. The van der Waals surface area contributed by atoms with E-state index in [-0.39, 0.29) is 0 Å². The summed E-state index contributed by atoms with van der Waals surface area (Å²) in [6, 6.07) is 6.55. The number of hydrogen-bond donors (Lipinski definition) is 1. The molecule has 0 aliphatic carbocycles. The summed E-state index contributed by atoms with van der Waals surface area (Å²) in [7, 11) is 0. The second-order valence-corrected chi connectivity index (χ2v) is 6.15. The molecule has 2 aromatic rings. The van der Waals surface area contributed by atoms with Gasteiger partial charge in [0.05, 0.1) is 4.88 Å². The van der Waals surface area contributed by atoms with Crippen molar-refractivity contribution in [1.29, 1.82) is 0 Å². The van der Waals surface area contributed by atoms with Crippen molar-refractivity contribution < 1.29 is 0 Å². The van der Waals surface area contributed by atoms with E-state index in [4.69, 9.17) is 0 Å². The summed E-state index contributed by atoms with van der Waals surface area (Å²) in [6.45, 7) is 9.65. The largest absolute Gasteiger partial charge is 0.361 e. The lowest BCUT2D eigenvalue weighted by molar-refractivity contribution is 0.688. The second-order valence-electron chi connectivity index (χ2n) is 5.12. The zero-order valence-electron chi connectivity index (χ0n) is 11.4. The third-order valence-corrected chi connectivity index (χ3v) is 3.81. The van der Waals surface area contributed by atoms with E-state index < -0.39 is 0 Å². The van der Waals surface area contributed by atoms with Crippen LogP contribution in [0.2, 0.25) is 0 Å². The quantitative estimate of drug-likeness (QED) is 0.875. The molecule has 0 spiro atoms. The molecular formula is C15H20N2S. The number of nitrogens with one attached hydrogen (secondary N) is 1. The molecule has 1 aromatic carbocycles. The first kappa shape index (κ1) is 13.1. The summed E-state index contributed by atoms with van der Waals surface area (Å²) >= 11 is 1.73. The van der Waals surface area contributed by atoms with E-state index in [1.807, 2.05) is 6.20 Å². The van der Waals surface area contributed by atoms with E-state index in [1.54, 1.807) is 11.3 Å². The summed E-state index contributed by atoms with van der Waals surface area (Å²) < 4.78 is 0. The molecule has 0 amide bonds. The Morgan fingerprint density at radius 3 is 2.78 bits per heavy atom. The molecule has 0 bridgehead atoms. The number of benzene rings is 1. The van der Waals surface area contributed by atoms with Gasteiger partial charge in [0.2, 0.25) is 0 Å². The molecule has 2 rings (SSSR count). The van der Waals surface area contributed by atoms with E-state index in [0.29, 0.717) is 5.92 Å². The van der Waals surface area contributed by atoms with Gasteiger partial charge < -0.3 is 5.32 Å². The first-order valence-corrected chi connectivity index (χ1v) is 7.15. The Labute approximate surface area is 113 Å². The summed E-state index contributed by atoms with van der Waals surface area (Å²) in [4.78, 5) is 5.68. The van der Waals surface area contributed by atoms with Crippen molar-refractivity contribution in [2.75, 3.05) is 11.9 Å². The van der Waals surface area contributed by atoms with E-state index in [0.717, 1.165) is 11.7 Å². The molecule has 1 heterocycles. The van der Waals surface area contributed by atoms with Crippen molar-refractivity contribution in [3.63, 3.8) is 0 Å². The minimum Gasteiger partial charge on any atom is -0.361 e. The van der Waals surface area contributed by atoms with Crippen LogP contribution in [0.4, 0.5) is 5.13 Å². The third-order valence-electron chi connectivity index (χ3n) is 2.83. The summed E-state index contributed by atoms with van der Waals surface area (Å²) in [5.74, 6) is 0.637. The van der Waals surface area contributed by atoms with Crippen molar-refractivity contribution in [3.8, 4) is 10.4 Å². The molecule has 96 valence electrons. The molecule has 3 heteroatoms. The molecule has 0 atom stereocenters. The van der Waals surface area contributed by atoms with Gasteiger partial charge in [-0.05, 0) is 30.9 Å². The minimum absolute atomic E-state index is 0.637. The van der Waals surface area contributed by atoms with Crippen LogP contribution >= 0.6 is 11.3 Å². The maximum Gasteiger partial charge on any atom is 0.183 e. The monoisotopic (exact) mass is 260 g/mol. The van der Waals surface area contributed by atoms with Crippen LogP contribution in [0, 0.1) is 19.8 Å². The van der Waals surface area contributed by atoms with Crippen LogP contribution < -0.4 is 5.32 Å². The fraction of sp³-hybridized carbons (Fsp3) is 0.400. The van der Waals surface area contributed by atoms with E-state index in [9.17, 15) is 0 Å². The van der Waals surface area contributed by atoms with E-state index in [1.165, 1.54) is 21.6 Å². The maximum absolute atomic E-state index is 4.44. The summed E-state index contributed by atoms with van der Waals surface area (Å²) in [6.07, 6.45) is 1.97. The Kier molecular flexibility index (Phi) is 4.02. The standard InChI is InChI=1S/C15H20N2S/c1-10(2)8-16-15-17-9-14(18-15)13-7-11(3)5-6-12(13)4/h5-7,9-10H,8H2,1-4H3,(H,16,17). The number of anilines is 1. The Bertz CT molecular complexity index is 529. The molecule has 0 radical (unpaired) electrons. The smallest absolute Gasteiger partial charge is 0.183 e. The highest BCUT2D eigenvalue weighted by molar-refractivity contribution is 7.18. The van der Waals surface area contributed by atoms with Gasteiger partial charge in [-0.3, -0.25) is 0 Å². The van der Waals surface area contributed by atoms with Gasteiger partial charge in [0.1, 0.15) is 0 Å². The number of thiazole rings is 1. The van der Waals surface area contributed by atoms with Gasteiger partial charge in [-0.2, -0.15) is 0 Å². The normalized spacial score (nSPS) is 10.9. The van der Waals surface area contributed by atoms with Crippen LogP contribution in [0.3, 0.4) is 0 Å². The highest BCUT2D eigenvalue weighted by Crippen LogP contribution is 2.31. The van der Waals surface area contributed by atoms with Gasteiger partial charge in [0.25, 0.3) is 0 Å². The highest BCUT2D eigenvalue weighted by Gasteiger charge is 2.07. The van der Waals surface area contributed by atoms with Crippen LogP contribution in [0.1, 0.15) is 25.0 Å². The molecule has 0 aliphatic rings. The molecule has 2 nitrogen and oxygen atoms in total. The summed E-state index contributed by atoms with van der Waals surface area (Å²) in [5, 5.41) is 4.39. The van der Waals surface area contributed by atoms with Crippen LogP contribution in [0.15, 0.2) is 24.4 Å². The fourth-order valence-corrected chi connectivity index (χ4v) is 2.68. The molecule has 0 saturated carbocycles. The minimum atomic E-state index is 0.637. The van der Waals surface area contributed by atoms with Crippen molar-refractivity contribution >= 4 is 16.5 Å². The average molecular weight is 260 g/mol. The van der Waals surface area contributed by atoms with Crippen molar-refractivity contribution in [2.24, 2.45) is 5.92 Å². The zero-order valence-corrected chi connectivity index (χ0v) is 12.3. The number of aromatic nitrogens is 1. The topological polar surface area (TPSA) is 24.9 Å². The molecule has 0 fully saturated rings. The van der Waals surface area contributed by atoms with Gasteiger partial charge in [0.15, 0.2) is 5.13 Å². The molecular weight excluding hydrogens is 240 g/mol. The van der Waals surface area contributed by atoms with E-state index >= 15 is 0 Å². The molecule has 0 unspecified atom stereocenters. The lowest BCUT2D eigenvalue weighted by atomic mass is 10.1. The van der Waals surface area contributed by atoms with Crippen LogP contribution in [0.5, 0.6) is 0 Å². The molecule has 0 aliphatic heterocycles. The lowest BCUT2D eigenvalue weighted by Crippen LogP contribution is -2.07. The van der Waals surface area contributed by atoms with Crippen molar-refractivity contribution in [2.45, 2.75) is 27.7 Å². The first-order valence-electron chi connectivity index (χ1n) is 6.33. The van der Waals surface area contributed by atoms with Crippen LogP contribution in [-0.4, -0.2) is 11.5 Å². The summed E-state index contributed by atoms with van der Waals surface area (Å²) in [5.41, 5.74) is 3.89. The van der Waals surface area contributed by atoms with Gasteiger partial charge >= 0.3 is 0 Å². The Hall–Kier alpha value is -1.35. The van der Waals surface area contributed by atoms with Gasteiger partial charge in [0, 0.05) is 12.7 Å². The zero-order chi connectivity index (χ0) is 13.1. The van der Waals surface area contributed by atoms with Gasteiger partial charge in [-0.25, -0.2) is 4.98 Å². The Morgan fingerprint density at radius 2 is 2.06 bits per heavy atom. The molecule has 0 saturated heterocycles. The van der Waals surface area contributed by atoms with Crippen molar-refractivity contribution in [3.05, 3.63) is 35.5 Å². The van der Waals surface area contributed by atoms with Gasteiger partial charge in [-0.1, -0.05) is 48.9 Å². The second kappa shape index (κ2) is 5.53. The van der Waals surface area contributed by atoms with Gasteiger partial charge in [-0.15, -0.1) is 0 Å². The van der Waals surface area contributed by atoms with E-state index in [2.05, 4.69) is 56.2 Å². The van der Waals surface area contributed by atoms with Crippen LogP contribution in [0.25, 0.3) is 10.4 Å². The highest BCUT2D eigenvalue weighted by atomic mass is 32.1. The third kappa shape index (κ3) is 3.10. The Morgan fingerprint density at radius 1 is 1.28 bits per heavy atom. The van der Waals surface area contributed by atoms with Crippen molar-refractivity contribution in [1.82, 2.24) is 4.98 Å².